The van der Waals surface area contributed by atoms with Crippen molar-refractivity contribution in [2.24, 2.45) is 5.73 Å². The van der Waals surface area contributed by atoms with Crippen LogP contribution in [0.5, 0.6) is 0 Å². The second-order valence-corrected chi connectivity index (χ2v) is 5.33. The molecule has 1 aliphatic rings. The quantitative estimate of drug-likeness (QED) is 0.438. The Morgan fingerprint density at radius 3 is 2.04 bits per heavy atom. The van der Waals surface area contributed by atoms with Crippen molar-refractivity contribution >= 4 is 5.91 Å². The standard InChI is InChI=1S/C13H26N2O6.2C2H6/c1-4-8(16)10(18)13(19)15-7-5-6(14)11(20-2)12(21-3)9(7)17;2*1-2/h6-12,16-18H,4-5,14H2,1-3H3,(H,15,19);2*1-2H3/t6-,7+,8?,9?,10?,11+,12+;;/m0../s1. The first-order valence-electron chi connectivity index (χ1n) is 9.03. The number of aliphatic hydroxyl groups is 3. The number of nitrogens with two attached hydrogens (primary N) is 1. The van der Waals surface area contributed by atoms with E-state index in [1.165, 1.54) is 14.2 Å². The summed E-state index contributed by atoms with van der Waals surface area (Å²) in [6, 6.07) is -1.11. The Hall–Kier alpha value is -0.770. The molecule has 1 rings (SSSR count). The highest BCUT2D eigenvalue weighted by Crippen LogP contribution is 2.24. The molecule has 1 saturated carbocycles. The Morgan fingerprint density at radius 2 is 1.64 bits per heavy atom. The van der Waals surface area contributed by atoms with Crippen LogP contribution in [-0.4, -0.2) is 78.0 Å². The lowest BCUT2D eigenvalue weighted by atomic mass is 9.84. The summed E-state index contributed by atoms with van der Waals surface area (Å²) >= 11 is 0. The number of nitrogens with one attached hydrogen (secondary N) is 1. The number of methoxy groups -OCH3 is 2. The predicted molar refractivity (Wildman–Crippen MR) is 97.1 cm³/mol. The summed E-state index contributed by atoms with van der Waals surface area (Å²) in [4.78, 5) is 11.9. The van der Waals surface area contributed by atoms with Crippen LogP contribution < -0.4 is 11.1 Å². The van der Waals surface area contributed by atoms with Crippen molar-refractivity contribution in [3.63, 3.8) is 0 Å². The van der Waals surface area contributed by atoms with Gasteiger partial charge in [-0.05, 0) is 12.8 Å². The second-order valence-electron chi connectivity index (χ2n) is 5.33. The van der Waals surface area contributed by atoms with Crippen LogP contribution in [0.2, 0.25) is 0 Å². The lowest BCUT2D eigenvalue weighted by Gasteiger charge is -2.42. The largest absolute Gasteiger partial charge is 0.390 e. The van der Waals surface area contributed by atoms with E-state index >= 15 is 0 Å². The molecule has 0 bridgehead atoms. The van der Waals surface area contributed by atoms with Crippen LogP contribution in [0.3, 0.4) is 0 Å². The summed E-state index contributed by atoms with van der Waals surface area (Å²) in [5.41, 5.74) is 5.97. The van der Waals surface area contributed by atoms with Crippen LogP contribution in [0.25, 0.3) is 0 Å². The van der Waals surface area contributed by atoms with Crippen LogP contribution in [0.1, 0.15) is 47.5 Å². The fraction of sp³-hybridized carbons (Fsp3) is 0.941. The van der Waals surface area contributed by atoms with Gasteiger partial charge in [-0.1, -0.05) is 34.6 Å². The third-order valence-corrected chi connectivity index (χ3v) is 3.94. The van der Waals surface area contributed by atoms with E-state index in [2.05, 4.69) is 5.32 Å². The van der Waals surface area contributed by atoms with Gasteiger partial charge in [0.25, 0.3) is 5.91 Å². The zero-order chi connectivity index (χ0) is 20.2. The summed E-state index contributed by atoms with van der Waals surface area (Å²) in [7, 11) is 2.90. The molecule has 3 unspecified atom stereocenters. The van der Waals surface area contributed by atoms with Gasteiger partial charge in [0, 0.05) is 20.3 Å². The van der Waals surface area contributed by atoms with Gasteiger partial charge in [-0.3, -0.25) is 4.79 Å². The summed E-state index contributed by atoms with van der Waals surface area (Å²) < 4.78 is 10.4. The maximum absolute atomic E-state index is 11.9. The van der Waals surface area contributed by atoms with Gasteiger partial charge in [-0.25, -0.2) is 0 Å². The van der Waals surface area contributed by atoms with Crippen molar-refractivity contribution in [3.8, 4) is 0 Å². The SMILES string of the molecule is CC.CC.CCC(O)C(O)C(=O)N[C@@H]1C[C@H](N)[C@@H](OC)[C@H](OC)C1O. The highest BCUT2D eigenvalue weighted by Gasteiger charge is 2.44. The van der Waals surface area contributed by atoms with Gasteiger partial charge in [0.15, 0.2) is 6.10 Å². The van der Waals surface area contributed by atoms with Crippen molar-refractivity contribution < 1.29 is 29.6 Å². The van der Waals surface area contributed by atoms with Crippen molar-refractivity contribution in [2.75, 3.05) is 14.2 Å². The monoisotopic (exact) mass is 366 g/mol. The van der Waals surface area contributed by atoms with E-state index in [1.54, 1.807) is 6.92 Å². The van der Waals surface area contributed by atoms with Crippen molar-refractivity contribution in [1.82, 2.24) is 5.32 Å². The Balaban J connectivity index is 0. The fourth-order valence-electron chi connectivity index (χ4n) is 2.63. The number of carbonyl (C=O) groups excluding carboxylic acids is 1. The topological polar surface area (TPSA) is 134 Å². The molecule has 6 N–H and O–H groups in total. The molecular formula is C17H38N2O6. The molecule has 152 valence electrons. The highest BCUT2D eigenvalue weighted by molar-refractivity contribution is 5.81. The molecule has 0 spiro atoms. The van der Waals surface area contributed by atoms with Crippen LogP contribution >= 0.6 is 0 Å². The first kappa shape index (κ1) is 26.5. The first-order valence-corrected chi connectivity index (χ1v) is 9.03. The van der Waals surface area contributed by atoms with Gasteiger partial charge < -0.3 is 35.8 Å². The number of rotatable bonds is 6. The van der Waals surface area contributed by atoms with E-state index in [1.807, 2.05) is 27.7 Å². The lowest BCUT2D eigenvalue weighted by molar-refractivity contribution is -0.149. The summed E-state index contributed by atoms with van der Waals surface area (Å²) in [5.74, 6) is -0.744. The average molecular weight is 366 g/mol. The van der Waals surface area contributed by atoms with Gasteiger partial charge in [-0.15, -0.1) is 0 Å². The Labute approximate surface area is 151 Å². The van der Waals surface area contributed by atoms with Crippen LogP contribution in [0.4, 0.5) is 0 Å². The molecule has 0 aliphatic heterocycles. The molecule has 25 heavy (non-hydrogen) atoms. The molecule has 1 fully saturated rings. The Kier molecular flexibility index (Phi) is 15.2. The first-order chi connectivity index (χ1) is 11.9. The lowest BCUT2D eigenvalue weighted by Crippen LogP contribution is -2.65. The maximum Gasteiger partial charge on any atom is 0.251 e. The van der Waals surface area contributed by atoms with Crippen LogP contribution in [0.15, 0.2) is 0 Å². The summed E-state index contributed by atoms with van der Waals surface area (Å²) in [6.07, 6.45) is -4.35. The molecule has 0 saturated heterocycles. The molecular weight excluding hydrogens is 328 g/mol. The van der Waals surface area contributed by atoms with Gasteiger partial charge in [0.05, 0.1) is 12.1 Å². The van der Waals surface area contributed by atoms with Crippen LogP contribution in [-0.2, 0) is 14.3 Å². The minimum absolute atomic E-state index is 0.244. The minimum atomic E-state index is -1.54. The summed E-state index contributed by atoms with van der Waals surface area (Å²) in [5, 5.41) is 31.9. The van der Waals surface area contributed by atoms with Crippen LogP contribution in [0, 0.1) is 0 Å². The molecule has 0 radical (unpaired) electrons. The van der Waals surface area contributed by atoms with E-state index in [4.69, 9.17) is 15.2 Å². The van der Waals surface area contributed by atoms with E-state index in [-0.39, 0.29) is 12.8 Å². The fourth-order valence-corrected chi connectivity index (χ4v) is 2.63. The number of hydrogen-bond acceptors (Lipinski definition) is 7. The van der Waals surface area contributed by atoms with Crippen molar-refractivity contribution in [2.45, 2.75) is 90.1 Å². The average Bonchev–Trinajstić information content (AvgIpc) is 2.65. The van der Waals surface area contributed by atoms with E-state index < -0.39 is 48.5 Å². The van der Waals surface area contributed by atoms with E-state index in [9.17, 15) is 20.1 Å². The number of ether oxygens (including phenoxy) is 2. The van der Waals surface area contributed by atoms with Gasteiger partial charge >= 0.3 is 0 Å². The minimum Gasteiger partial charge on any atom is -0.390 e. The van der Waals surface area contributed by atoms with E-state index in [0.29, 0.717) is 0 Å². The molecule has 0 aromatic heterocycles. The zero-order valence-electron chi connectivity index (χ0n) is 16.6. The molecule has 1 aliphatic carbocycles. The Bertz CT molecular complexity index is 345. The molecule has 1 amide bonds. The normalized spacial score (nSPS) is 30.8. The third-order valence-electron chi connectivity index (χ3n) is 3.94. The molecule has 0 heterocycles. The molecule has 0 aromatic rings. The molecule has 8 heteroatoms. The Morgan fingerprint density at radius 1 is 1.16 bits per heavy atom. The second kappa shape index (κ2) is 14.4. The predicted octanol–water partition coefficient (Wildman–Crippen LogP) is -0.223. The van der Waals surface area contributed by atoms with Crippen molar-refractivity contribution in [1.29, 1.82) is 0 Å². The third kappa shape index (κ3) is 7.55. The molecule has 7 atom stereocenters. The highest BCUT2D eigenvalue weighted by atomic mass is 16.5. The van der Waals surface area contributed by atoms with E-state index in [0.717, 1.165) is 0 Å². The van der Waals surface area contributed by atoms with Gasteiger partial charge in [0.2, 0.25) is 0 Å². The van der Waals surface area contributed by atoms with Crippen molar-refractivity contribution in [3.05, 3.63) is 0 Å². The number of aliphatic hydroxyl groups excluding tert-OH is 3. The smallest absolute Gasteiger partial charge is 0.251 e. The summed E-state index contributed by atoms with van der Waals surface area (Å²) in [6.45, 7) is 9.65. The number of amides is 1. The molecule has 0 aromatic carbocycles. The van der Waals surface area contributed by atoms with Gasteiger partial charge in [0.1, 0.15) is 18.3 Å². The van der Waals surface area contributed by atoms with Gasteiger partial charge in [-0.2, -0.15) is 0 Å². The number of hydrogen-bond donors (Lipinski definition) is 5. The zero-order valence-corrected chi connectivity index (χ0v) is 16.6. The number of carbonyl (C=O) groups is 1. The maximum atomic E-state index is 11.9. The molecule has 8 nitrogen and oxygen atoms in total.